The van der Waals surface area contributed by atoms with Gasteiger partial charge in [-0.2, -0.15) is 0 Å². The van der Waals surface area contributed by atoms with Crippen LogP contribution in [0.4, 0.5) is 0 Å². The van der Waals surface area contributed by atoms with Crippen LogP contribution in [0.25, 0.3) is 11.5 Å². The maximum absolute atomic E-state index is 9.19. The van der Waals surface area contributed by atoms with E-state index in [9.17, 15) is 5.11 Å². The molecule has 3 rings (SSSR count). The van der Waals surface area contributed by atoms with E-state index in [0.29, 0.717) is 5.92 Å². The third-order valence-electron chi connectivity index (χ3n) is 3.34. The number of fused-ring (bicyclic) bond motifs is 1. The van der Waals surface area contributed by atoms with Gasteiger partial charge < -0.3 is 14.1 Å². The largest absolute Gasteiger partial charge is 0.460 e. The summed E-state index contributed by atoms with van der Waals surface area (Å²) in [4.78, 5) is 4.59. The lowest BCUT2D eigenvalue weighted by Crippen LogP contribution is -2.22. The molecule has 4 nitrogen and oxygen atoms in total. The molecule has 0 spiro atoms. The van der Waals surface area contributed by atoms with Crippen LogP contribution in [0.3, 0.4) is 0 Å². The molecule has 0 saturated carbocycles. The highest BCUT2D eigenvalue weighted by molar-refractivity contribution is 5.51. The Morgan fingerprint density at radius 3 is 3.12 bits per heavy atom. The van der Waals surface area contributed by atoms with Crippen molar-refractivity contribution in [1.82, 2.24) is 9.55 Å². The van der Waals surface area contributed by atoms with E-state index in [1.54, 1.807) is 0 Å². The van der Waals surface area contributed by atoms with Gasteiger partial charge in [0.2, 0.25) is 0 Å². The Bertz CT molecular complexity index is 527. The predicted molar refractivity (Wildman–Crippen MR) is 63.6 cm³/mol. The van der Waals surface area contributed by atoms with Crippen molar-refractivity contribution in [1.29, 1.82) is 0 Å². The van der Waals surface area contributed by atoms with E-state index in [1.807, 2.05) is 25.3 Å². The fourth-order valence-corrected chi connectivity index (χ4v) is 2.35. The average Bonchev–Trinajstić information content (AvgIpc) is 2.93. The summed E-state index contributed by atoms with van der Waals surface area (Å²) in [6, 6.07) is 3.90. The molecule has 0 bridgehead atoms. The maximum atomic E-state index is 9.19. The smallest absolute Gasteiger partial charge is 0.154 e. The minimum Gasteiger partial charge on any atom is -0.460 e. The van der Waals surface area contributed by atoms with Gasteiger partial charge in [0, 0.05) is 31.7 Å². The molecule has 1 N–H and O–H groups in total. The van der Waals surface area contributed by atoms with Gasteiger partial charge >= 0.3 is 0 Å². The van der Waals surface area contributed by atoms with E-state index in [-0.39, 0.29) is 6.61 Å². The summed E-state index contributed by atoms with van der Waals surface area (Å²) in [6.45, 7) is 3.05. The SMILES string of the molecule is Cc1ccc(-c2cn3c(n2)CCC(CO)C3)o1. The molecule has 1 aliphatic rings. The lowest BCUT2D eigenvalue weighted by molar-refractivity contribution is 0.190. The second-order valence-electron chi connectivity index (χ2n) is 4.69. The van der Waals surface area contributed by atoms with Crippen LogP contribution in [0.5, 0.6) is 0 Å². The number of aromatic nitrogens is 2. The van der Waals surface area contributed by atoms with Crippen LogP contribution in [-0.2, 0) is 13.0 Å². The monoisotopic (exact) mass is 232 g/mol. The van der Waals surface area contributed by atoms with Crippen LogP contribution in [0.15, 0.2) is 22.7 Å². The third kappa shape index (κ3) is 1.89. The molecule has 1 unspecified atom stereocenters. The van der Waals surface area contributed by atoms with E-state index in [1.165, 1.54) is 0 Å². The molecule has 0 fully saturated rings. The normalized spacial score (nSPS) is 19.3. The molecular formula is C13H16N2O2. The summed E-state index contributed by atoms with van der Waals surface area (Å²) in [5.74, 6) is 3.19. The summed E-state index contributed by atoms with van der Waals surface area (Å²) in [5.41, 5.74) is 0.895. The quantitative estimate of drug-likeness (QED) is 0.861. The van der Waals surface area contributed by atoms with Crippen molar-refractivity contribution in [3.05, 3.63) is 29.9 Å². The molecule has 0 radical (unpaired) electrons. The van der Waals surface area contributed by atoms with Crippen LogP contribution in [0, 0.1) is 12.8 Å². The second kappa shape index (κ2) is 4.04. The second-order valence-corrected chi connectivity index (χ2v) is 4.69. The Kier molecular flexibility index (Phi) is 2.52. The number of aliphatic hydroxyl groups is 1. The summed E-state index contributed by atoms with van der Waals surface area (Å²) >= 11 is 0. The zero-order valence-electron chi connectivity index (χ0n) is 9.89. The van der Waals surface area contributed by atoms with Crippen molar-refractivity contribution in [3.63, 3.8) is 0 Å². The van der Waals surface area contributed by atoms with Crippen molar-refractivity contribution in [2.75, 3.05) is 6.61 Å². The van der Waals surface area contributed by atoms with Crippen molar-refractivity contribution in [3.8, 4) is 11.5 Å². The standard InChI is InChI=1S/C13H16N2O2/c1-9-2-4-12(17-9)11-7-15-6-10(8-16)3-5-13(15)14-11/h2,4,7,10,16H,3,5-6,8H2,1H3. The van der Waals surface area contributed by atoms with Crippen LogP contribution >= 0.6 is 0 Å². The van der Waals surface area contributed by atoms with Crippen molar-refractivity contribution in [2.24, 2.45) is 5.92 Å². The third-order valence-corrected chi connectivity index (χ3v) is 3.34. The highest BCUT2D eigenvalue weighted by Crippen LogP contribution is 2.25. The van der Waals surface area contributed by atoms with Crippen LogP contribution in [0.1, 0.15) is 18.0 Å². The Labute approximate surface area is 99.9 Å². The fourth-order valence-electron chi connectivity index (χ4n) is 2.35. The fraction of sp³-hybridized carbons (Fsp3) is 0.462. The number of rotatable bonds is 2. The topological polar surface area (TPSA) is 51.2 Å². The molecule has 0 aliphatic carbocycles. The van der Waals surface area contributed by atoms with E-state index in [4.69, 9.17) is 4.42 Å². The minimum absolute atomic E-state index is 0.257. The summed E-state index contributed by atoms with van der Waals surface area (Å²) in [7, 11) is 0. The zero-order valence-corrected chi connectivity index (χ0v) is 9.89. The molecule has 2 aromatic heterocycles. The molecule has 2 aromatic rings. The molecule has 1 aliphatic heterocycles. The van der Waals surface area contributed by atoms with Gasteiger partial charge in [0.25, 0.3) is 0 Å². The van der Waals surface area contributed by atoms with E-state index in [2.05, 4.69) is 9.55 Å². The Morgan fingerprint density at radius 2 is 2.41 bits per heavy atom. The first-order chi connectivity index (χ1) is 8.26. The van der Waals surface area contributed by atoms with Crippen LogP contribution in [-0.4, -0.2) is 21.3 Å². The molecule has 4 heteroatoms. The highest BCUT2D eigenvalue weighted by Gasteiger charge is 2.20. The predicted octanol–water partition coefficient (Wildman–Crippen LogP) is 2.01. The van der Waals surface area contributed by atoms with Crippen molar-refractivity contribution in [2.45, 2.75) is 26.3 Å². The summed E-state index contributed by atoms with van der Waals surface area (Å²) < 4.78 is 7.71. The van der Waals surface area contributed by atoms with Gasteiger partial charge in [0.05, 0.1) is 0 Å². The average molecular weight is 232 g/mol. The van der Waals surface area contributed by atoms with E-state index < -0.39 is 0 Å². The molecule has 17 heavy (non-hydrogen) atoms. The van der Waals surface area contributed by atoms with Gasteiger partial charge in [0.15, 0.2) is 5.76 Å². The van der Waals surface area contributed by atoms with Gasteiger partial charge in [-0.15, -0.1) is 0 Å². The molecule has 90 valence electrons. The Morgan fingerprint density at radius 1 is 1.53 bits per heavy atom. The number of furan rings is 1. The Hall–Kier alpha value is -1.55. The minimum atomic E-state index is 0.257. The molecule has 1 atom stereocenters. The number of hydrogen-bond acceptors (Lipinski definition) is 3. The summed E-state index contributed by atoms with van der Waals surface area (Å²) in [5, 5.41) is 9.19. The van der Waals surface area contributed by atoms with E-state index >= 15 is 0 Å². The van der Waals surface area contributed by atoms with Gasteiger partial charge in [-0.1, -0.05) is 0 Å². The lowest BCUT2D eigenvalue weighted by Gasteiger charge is -2.21. The first-order valence-corrected chi connectivity index (χ1v) is 6.00. The van der Waals surface area contributed by atoms with Crippen molar-refractivity contribution >= 4 is 0 Å². The van der Waals surface area contributed by atoms with Gasteiger partial charge in [-0.3, -0.25) is 0 Å². The van der Waals surface area contributed by atoms with Gasteiger partial charge in [0.1, 0.15) is 17.3 Å². The first kappa shape index (κ1) is 10.6. The van der Waals surface area contributed by atoms with Gasteiger partial charge in [-0.25, -0.2) is 4.98 Å². The molecule has 0 aromatic carbocycles. The number of aliphatic hydroxyl groups excluding tert-OH is 1. The first-order valence-electron chi connectivity index (χ1n) is 6.00. The molecular weight excluding hydrogens is 216 g/mol. The molecule has 3 heterocycles. The zero-order chi connectivity index (χ0) is 11.8. The van der Waals surface area contributed by atoms with Gasteiger partial charge in [-0.05, 0) is 25.5 Å². The van der Waals surface area contributed by atoms with Crippen LogP contribution in [0.2, 0.25) is 0 Å². The maximum Gasteiger partial charge on any atom is 0.154 e. The molecule has 0 amide bonds. The lowest BCUT2D eigenvalue weighted by atomic mass is 10.0. The van der Waals surface area contributed by atoms with Crippen molar-refractivity contribution < 1.29 is 9.52 Å². The number of imidazole rings is 1. The highest BCUT2D eigenvalue weighted by atomic mass is 16.3. The number of hydrogen-bond donors (Lipinski definition) is 1. The van der Waals surface area contributed by atoms with E-state index in [0.717, 1.165) is 42.4 Å². The summed E-state index contributed by atoms with van der Waals surface area (Å²) in [6.07, 6.45) is 3.98. The number of nitrogens with zero attached hydrogens (tertiary/aromatic N) is 2. The Balaban J connectivity index is 1.92. The number of aryl methyl sites for hydroxylation is 2. The molecule has 0 saturated heterocycles. The van der Waals surface area contributed by atoms with Crippen LogP contribution < -0.4 is 0 Å².